The van der Waals surface area contributed by atoms with Crippen LogP contribution in [0.15, 0.2) is 54.2 Å². The zero-order valence-corrected chi connectivity index (χ0v) is 30.6. The Labute approximate surface area is 287 Å². The van der Waals surface area contributed by atoms with E-state index in [1.54, 1.807) is 13.2 Å². The molecule has 1 fully saturated rings. The first kappa shape index (κ1) is 38.8. The van der Waals surface area contributed by atoms with Crippen molar-refractivity contribution < 1.29 is 24.5 Å². The molecule has 10 atom stereocenters. The minimum absolute atomic E-state index is 0.0113. The quantitative estimate of drug-likeness (QED) is 0.117. The molecule has 2 aliphatic rings. The predicted molar refractivity (Wildman–Crippen MR) is 189 cm³/mol. The molecule has 0 bridgehead atoms. The highest BCUT2D eigenvalue weighted by atomic mass is 35.5. The lowest BCUT2D eigenvalue weighted by atomic mass is 9.79. The molecular weight excluding hydrogens is 621 g/mol. The number of esters is 1. The number of allylic oxidation sites excluding steroid dienone is 3. The number of halogens is 2. The molecule has 0 amide bonds. The number of nitrogens with one attached hydrogen (secondary N) is 1. The third-order valence-electron chi connectivity index (χ3n) is 10.4. The largest absolute Gasteiger partial charge is 0.457 e. The van der Waals surface area contributed by atoms with Crippen LogP contribution < -0.4 is 5.32 Å². The highest BCUT2D eigenvalue weighted by Crippen LogP contribution is 2.61. The van der Waals surface area contributed by atoms with Gasteiger partial charge in [0.1, 0.15) is 6.10 Å². The number of methoxy groups -OCH3 is 1. The average molecular weight is 679 g/mol. The summed E-state index contributed by atoms with van der Waals surface area (Å²) in [4.78, 5) is 12.8. The van der Waals surface area contributed by atoms with Crippen molar-refractivity contribution in [2.24, 2.45) is 29.1 Å². The maximum atomic E-state index is 12.8. The molecule has 1 aliphatic carbocycles. The zero-order chi connectivity index (χ0) is 34.2. The SMILES string of the molecule is CC[C@H](OC)[C@@H](C)C1CC1(C)C(NCc1ccc(Cl)cc1Cl)C(C)(O)/C=C/C=C(\C)[C@H]1OC(=O)C[C@H](O)CCC(C)C/C=C/[C@@H]1C. The van der Waals surface area contributed by atoms with Gasteiger partial charge >= 0.3 is 5.97 Å². The minimum Gasteiger partial charge on any atom is -0.457 e. The first-order chi connectivity index (χ1) is 21.6. The third kappa shape index (κ3) is 10.4. The highest BCUT2D eigenvalue weighted by Gasteiger charge is 2.61. The molecule has 46 heavy (non-hydrogen) atoms. The van der Waals surface area contributed by atoms with E-state index in [1.165, 1.54) is 0 Å². The summed E-state index contributed by atoms with van der Waals surface area (Å²) >= 11 is 12.7. The van der Waals surface area contributed by atoms with Gasteiger partial charge in [-0.3, -0.25) is 4.79 Å². The van der Waals surface area contributed by atoms with Crippen molar-refractivity contribution in [3.05, 3.63) is 69.8 Å². The van der Waals surface area contributed by atoms with Crippen molar-refractivity contribution in [1.29, 1.82) is 0 Å². The molecule has 1 aliphatic heterocycles. The molecule has 1 aromatic rings. The predicted octanol–water partition coefficient (Wildman–Crippen LogP) is 8.47. The maximum absolute atomic E-state index is 12.8. The number of ether oxygens (including phenoxy) is 2. The maximum Gasteiger partial charge on any atom is 0.309 e. The Balaban J connectivity index is 1.87. The normalized spacial score (nSPS) is 32.0. The van der Waals surface area contributed by atoms with Crippen LogP contribution in [0, 0.1) is 29.1 Å². The summed E-state index contributed by atoms with van der Waals surface area (Å²) in [5.74, 6) is 0.690. The lowest BCUT2D eigenvalue weighted by Gasteiger charge is -2.38. The summed E-state index contributed by atoms with van der Waals surface area (Å²) in [7, 11) is 1.77. The fraction of sp³-hybridized carbons (Fsp3) is 0.658. The molecule has 0 saturated heterocycles. The summed E-state index contributed by atoms with van der Waals surface area (Å²) in [6, 6.07) is 5.19. The molecular formula is C38H57Cl2NO5. The molecule has 0 radical (unpaired) electrons. The highest BCUT2D eigenvalue weighted by molar-refractivity contribution is 6.35. The van der Waals surface area contributed by atoms with Crippen LogP contribution >= 0.6 is 23.2 Å². The number of benzene rings is 1. The fourth-order valence-electron chi connectivity index (χ4n) is 7.44. The Morgan fingerprint density at radius 1 is 1.28 bits per heavy atom. The lowest BCUT2D eigenvalue weighted by Crippen LogP contribution is -2.53. The van der Waals surface area contributed by atoms with Gasteiger partial charge in [0, 0.05) is 35.7 Å². The van der Waals surface area contributed by atoms with Crippen LogP contribution in [0.5, 0.6) is 0 Å². The molecule has 1 aromatic carbocycles. The van der Waals surface area contributed by atoms with E-state index >= 15 is 0 Å². The number of hydrogen-bond acceptors (Lipinski definition) is 6. The summed E-state index contributed by atoms with van der Waals surface area (Å²) in [6.45, 7) is 15.1. The zero-order valence-electron chi connectivity index (χ0n) is 29.1. The van der Waals surface area contributed by atoms with E-state index in [-0.39, 0.29) is 29.9 Å². The first-order valence-corrected chi connectivity index (χ1v) is 17.7. The average Bonchev–Trinajstić information content (AvgIpc) is 3.67. The van der Waals surface area contributed by atoms with E-state index in [0.717, 1.165) is 36.8 Å². The van der Waals surface area contributed by atoms with Gasteiger partial charge in [0.2, 0.25) is 0 Å². The first-order valence-electron chi connectivity index (χ1n) is 17.0. The number of carbonyl (C=O) groups excluding carboxylic acids is 1. The molecule has 5 unspecified atom stereocenters. The van der Waals surface area contributed by atoms with E-state index in [4.69, 9.17) is 32.7 Å². The number of carbonyl (C=O) groups is 1. The van der Waals surface area contributed by atoms with Gasteiger partial charge in [-0.15, -0.1) is 0 Å². The van der Waals surface area contributed by atoms with Crippen molar-refractivity contribution >= 4 is 29.2 Å². The van der Waals surface area contributed by atoms with E-state index in [2.05, 4.69) is 45.2 Å². The van der Waals surface area contributed by atoms with Crippen LogP contribution in [0.3, 0.4) is 0 Å². The van der Waals surface area contributed by atoms with Gasteiger partial charge in [0.05, 0.1) is 24.2 Å². The van der Waals surface area contributed by atoms with Gasteiger partial charge in [-0.1, -0.05) is 94.3 Å². The standard InChI is InChI=1S/C38H57Cl2NO5/c1-9-33(45-8)27(5)31-22-37(31,6)36(41-23-28-16-17-29(39)20-32(28)40)38(7,44)19-11-14-26(4)35-25(3)13-10-12-24(2)15-18-30(42)21-34(43)46-35/h10-11,13-14,16-17,19-20,24-25,27,30-31,33,35-36,41-42,44H,9,12,15,18,21-23H2,1-8H3/b13-10+,19-11+,26-14+/t24?,25-,27-,30+,31?,33-,35-,36?,37?,38?/m0/s1. The van der Waals surface area contributed by atoms with Gasteiger partial charge in [-0.25, -0.2) is 0 Å². The van der Waals surface area contributed by atoms with Gasteiger partial charge < -0.3 is 25.0 Å². The van der Waals surface area contributed by atoms with Crippen LogP contribution in [-0.4, -0.2) is 53.2 Å². The van der Waals surface area contributed by atoms with Gasteiger partial charge in [-0.05, 0) is 92.4 Å². The second-order valence-corrected chi connectivity index (χ2v) is 15.2. The summed E-state index contributed by atoms with van der Waals surface area (Å²) in [5.41, 5.74) is 0.374. The molecule has 0 spiro atoms. The van der Waals surface area contributed by atoms with Crippen molar-refractivity contribution in [3.8, 4) is 0 Å². The van der Waals surface area contributed by atoms with E-state index in [9.17, 15) is 15.0 Å². The van der Waals surface area contributed by atoms with E-state index in [1.807, 2.05) is 51.1 Å². The molecule has 8 heteroatoms. The number of aliphatic hydroxyl groups is 2. The fourth-order valence-corrected chi connectivity index (χ4v) is 7.91. The number of aliphatic hydroxyl groups excluding tert-OH is 1. The summed E-state index contributed by atoms with van der Waals surface area (Å²) in [6.07, 6.45) is 13.1. The lowest BCUT2D eigenvalue weighted by molar-refractivity contribution is -0.151. The molecule has 258 valence electrons. The number of rotatable bonds is 12. The molecule has 1 saturated carbocycles. The topological polar surface area (TPSA) is 88.0 Å². The van der Waals surface area contributed by atoms with Crippen LogP contribution in [-0.2, 0) is 20.8 Å². The monoisotopic (exact) mass is 677 g/mol. The summed E-state index contributed by atoms with van der Waals surface area (Å²) < 4.78 is 11.7. The van der Waals surface area contributed by atoms with E-state index < -0.39 is 23.8 Å². The Bertz CT molecular complexity index is 1240. The Kier molecular flexibility index (Phi) is 14.4. The Morgan fingerprint density at radius 2 is 2.00 bits per heavy atom. The molecule has 3 rings (SSSR count). The second kappa shape index (κ2) is 17.1. The van der Waals surface area contributed by atoms with Gasteiger partial charge in [0.15, 0.2) is 0 Å². The van der Waals surface area contributed by atoms with Gasteiger partial charge in [0.25, 0.3) is 0 Å². The van der Waals surface area contributed by atoms with E-state index in [0.29, 0.717) is 40.8 Å². The molecule has 0 aromatic heterocycles. The van der Waals surface area contributed by atoms with Crippen LogP contribution in [0.2, 0.25) is 10.0 Å². The molecule has 3 N–H and O–H groups in total. The Morgan fingerprint density at radius 3 is 2.65 bits per heavy atom. The molecule has 1 heterocycles. The van der Waals surface area contributed by atoms with Gasteiger partial charge in [-0.2, -0.15) is 0 Å². The summed E-state index contributed by atoms with van der Waals surface area (Å²) in [5, 5.41) is 27.3. The van der Waals surface area contributed by atoms with Crippen LogP contribution in [0.25, 0.3) is 0 Å². The van der Waals surface area contributed by atoms with Crippen molar-refractivity contribution in [2.45, 2.75) is 123 Å². The Hall–Kier alpha value is -1.67. The van der Waals surface area contributed by atoms with Crippen molar-refractivity contribution in [3.63, 3.8) is 0 Å². The second-order valence-electron chi connectivity index (χ2n) is 14.4. The van der Waals surface area contributed by atoms with Crippen LogP contribution in [0.4, 0.5) is 0 Å². The minimum atomic E-state index is -1.22. The third-order valence-corrected chi connectivity index (χ3v) is 11.0. The smallest absolute Gasteiger partial charge is 0.309 e. The number of hydrogen-bond donors (Lipinski definition) is 3. The molecule has 6 nitrogen and oxygen atoms in total. The van der Waals surface area contributed by atoms with Crippen molar-refractivity contribution in [2.75, 3.05) is 7.11 Å². The number of cyclic esters (lactones) is 1. The van der Waals surface area contributed by atoms with Crippen molar-refractivity contribution in [1.82, 2.24) is 5.32 Å². The van der Waals surface area contributed by atoms with Crippen LogP contribution in [0.1, 0.15) is 92.6 Å².